The highest BCUT2D eigenvalue weighted by atomic mass is 19.1. The summed E-state index contributed by atoms with van der Waals surface area (Å²) in [5.41, 5.74) is 1.13. The van der Waals surface area contributed by atoms with Crippen LogP contribution in [0.15, 0.2) is 24.3 Å². The van der Waals surface area contributed by atoms with Gasteiger partial charge in [0.25, 0.3) is 0 Å². The molecule has 9 atom stereocenters. The minimum absolute atomic E-state index is 0.104. The van der Waals surface area contributed by atoms with Gasteiger partial charge >= 0.3 is 0 Å². The lowest BCUT2D eigenvalue weighted by molar-refractivity contribution is 0.00989. The third-order valence-electron chi connectivity index (χ3n) is 8.01. The third-order valence-corrected chi connectivity index (χ3v) is 8.01. The fourth-order valence-electron chi connectivity index (χ4n) is 7.82. The van der Waals surface area contributed by atoms with Crippen molar-refractivity contribution in [3.05, 3.63) is 35.6 Å². The summed E-state index contributed by atoms with van der Waals surface area (Å²) in [7, 11) is 0. The molecule has 0 amide bonds. The molecule has 5 fully saturated rings. The van der Waals surface area contributed by atoms with Crippen LogP contribution in [0.25, 0.3) is 0 Å². The summed E-state index contributed by atoms with van der Waals surface area (Å²) in [5, 5.41) is 3.90. The second-order valence-electron chi connectivity index (χ2n) is 8.30. The average Bonchev–Trinajstić information content (AvgIpc) is 2.98. The van der Waals surface area contributed by atoms with Gasteiger partial charge in [-0.05, 0) is 90.8 Å². The molecule has 2 heteroatoms. The molecule has 1 nitrogen and oxygen atoms in total. The molecule has 5 aliphatic rings. The maximum absolute atomic E-state index is 13.2. The van der Waals surface area contributed by atoms with Crippen LogP contribution in [0.4, 0.5) is 4.39 Å². The first-order valence-electron chi connectivity index (χ1n) is 8.81. The molecule has 0 unspecified atom stereocenters. The van der Waals surface area contributed by atoms with Crippen molar-refractivity contribution in [3.63, 3.8) is 0 Å². The Hall–Kier alpha value is -0.890. The lowest BCUT2D eigenvalue weighted by Gasteiger charge is -2.48. The molecular weight excluding hydrogens is 261 g/mol. The molecule has 21 heavy (non-hydrogen) atoms. The minimum atomic E-state index is -0.104. The van der Waals surface area contributed by atoms with Crippen LogP contribution < -0.4 is 5.32 Å². The van der Waals surface area contributed by atoms with Gasteiger partial charge in [-0.15, -0.1) is 0 Å². The zero-order valence-electron chi connectivity index (χ0n) is 12.2. The summed E-state index contributed by atoms with van der Waals surface area (Å²) in [6.45, 7) is 1.02. The molecule has 0 heterocycles. The molecule has 5 saturated carbocycles. The predicted molar refractivity (Wildman–Crippen MR) is 79.0 cm³/mol. The Balaban J connectivity index is 1.17. The van der Waals surface area contributed by atoms with E-state index in [2.05, 4.69) is 5.32 Å². The number of hydrogen-bond acceptors (Lipinski definition) is 1. The standard InChI is InChI=1S/C19H22FN/c20-10-3-1-2-9(6-10)4-5-21-19-16-12-8-13-15-11(12)7-14(16)17(15)18(13)19/h1-3,6,11-19,21H,4-5,7-8H2/t11-,12-,13+,14+,15+,16-,17-,18-,19-/m0/s1. The summed E-state index contributed by atoms with van der Waals surface area (Å²) >= 11 is 0. The van der Waals surface area contributed by atoms with Crippen molar-refractivity contribution < 1.29 is 4.39 Å². The third kappa shape index (κ3) is 1.24. The highest BCUT2D eigenvalue weighted by Crippen LogP contribution is 2.82. The fourth-order valence-corrected chi connectivity index (χ4v) is 7.82. The SMILES string of the molecule is Fc1cccc(CCN[C@H]2[C@@H]3[C@H]4C[C@H]5[C@@H]3C[C@@H]3[C@@H]5[C@H]4[C@H]32)c1. The number of hydrogen-bond donors (Lipinski definition) is 1. The van der Waals surface area contributed by atoms with Crippen molar-refractivity contribution in [2.24, 2.45) is 47.3 Å². The highest BCUT2D eigenvalue weighted by molar-refractivity contribution is 5.29. The molecule has 0 aromatic heterocycles. The van der Waals surface area contributed by atoms with Crippen LogP contribution >= 0.6 is 0 Å². The summed E-state index contributed by atoms with van der Waals surface area (Å²) < 4.78 is 13.2. The molecule has 1 N–H and O–H groups in total. The second-order valence-corrected chi connectivity index (χ2v) is 8.30. The average molecular weight is 283 g/mol. The van der Waals surface area contributed by atoms with Crippen LogP contribution in [-0.2, 0) is 6.42 Å². The van der Waals surface area contributed by atoms with Crippen molar-refractivity contribution in [2.75, 3.05) is 6.54 Å². The van der Waals surface area contributed by atoms with Crippen LogP contribution in [0, 0.1) is 53.2 Å². The van der Waals surface area contributed by atoms with Crippen molar-refractivity contribution in [3.8, 4) is 0 Å². The maximum atomic E-state index is 13.2. The zero-order valence-corrected chi connectivity index (χ0v) is 12.2. The van der Waals surface area contributed by atoms with E-state index in [0.717, 1.165) is 71.9 Å². The van der Waals surface area contributed by atoms with Crippen LogP contribution in [0.1, 0.15) is 18.4 Å². The first-order valence-corrected chi connectivity index (χ1v) is 8.81. The number of benzene rings is 1. The van der Waals surface area contributed by atoms with E-state index in [1.165, 1.54) is 6.07 Å². The highest BCUT2D eigenvalue weighted by Gasteiger charge is 2.80. The Kier molecular flexibility index (Phi) is 2.06. The molecule has 0 saturated heterocycles. The van der Waals surface area contributed by atoms with Crippen molar-refractivity contribution in [2.45, 2.75) is 25.3 Å². The van der Waals surface area contributed by atoms with Crippen LogP contribution in [-0.4, -0.2) is 12.6 Å². The summed E-state index contributed by atoms with van der Waals surface area (Å²) in [5.74, 6) is 8.54. The lowest BCUT2D eigenvalue weighted by atomic mass is 9.59. The minimum Gasteiger partial charge on any atom is -0.313 e. The molecule has 110 valence electrons. The van der Waals surface area contributed by atoms with E-state index in [0.29, 0.717) is 0 Å². The molecule has 1 aromatic rings. The van der Waals surface area contributed by atoms with E-state index in [4.69, 9.17) is 0 Å². The number of fused-ring (bicyclic) bond motifs is 2. The normalized spacial score (nSPS) is 53.7. The smallest absolute Gasteiger partial charge is 0.123 e. The molecule has 5 aliphatic carbocycles. The Bertz CT molecular complexity index is 607. The van der Waals surface area contributed by atoms with Gasteiger partial charge in [-0.3, -0.25) is 0 Å². The predicted octanol–water partition coefficient (Wildman–Crippen LogP) is 3.10. The Labute approximate surface area is 125 Å². The number of halogens is 1. The maximum Gasteiger partial charge on any atom is 0.123 e. The van der Waals surface area contributed by atoms with E-state index < -0.39 is 0 Å². The number of nitrogens with one attached hydrogen (secondary N) is 1. The Morgan fingerprint density at radius 1 is 0.952 bits per heavy atom. The summed E-state index contributed by atoms with van der Waals surface area (Å²) in [6.07, 6.45) is 4.10. The number of rotatable bonds is 4. The van der Waals surface area contributed by atoms with Crippen LogP contribution in [0.5, 0.6) is 0 Å². The van der Waals surface area contributed by atoms with Gasteiger partial charge in [0.05, 0.1) is 0 Å². The quantitative estimate of drug-likeness (QED) is 0.895. The summed E-state index contributed by atoms with van der Waals surface area (Å²) in [6, 6.07) is 7.90. The van der Waals surface area contributed by atoms with Gasteiger partial charge < -0.3 is 5.32 Å². The van der Waals surface area contributed by atoms with E-state index in [1.807, 2.05) is 12.1 Å². The van der Waals surface area contributed by atoms with Gasteiger partial charge in [-0.1, -0.05) is 12.1 Å². The molecule has 0 radical (unpaired) electrons. The van der Waals surface area contributed by atoms with Gasteiger partial charge in [0.15, 0.2) is 0 Å². The van der Waals surface area contributed by atoms with Gasteiger partial charge in [0, 0.05) is 6.04 Å². The van der Waals surface area contributed by atoms with Crippen LogP contribution in [0.2, 0.25) is 0 Å². The summed E-state index contributed by atoms with van der Waals surface area (Å²) in [4.78, 5) is 0. The lowest BCUT2D eigenvalue weighted by Crippen LogP contribution is -2.51. The molecule has 1 aromatic carbocycles. The van der Waals surface area contributed by atoms with E-state index in [9.17, 15) is 4.39 Å². The molecule has 6 rings (SSSR count). The first-order chi connectivity index (χ1) is 10.3. The van der Waals surface area contributed by atoms with Crippen LogP contribution in [0.3, 0.4) is 0 Å². The molecular formula is C19H22FN. The molecule has 2 bridgehead atoms. The van der Waals surface area contributed by atoms with Gasteiger partial charge in [0.1, 0.15) is 5.82 Å². The van der Waals surface area contributed by atoms with Gasteiger partial charge in [-0.25, -0.2) is 4.39 Å². The molecule has 0 aliphatic heterocycles. The monoisotopic (exact) mass is 283 g/mol. The van der Waals surface area contributed by atoms with Crippen molar-refractivity contribution in [1.82, 2.24) is 5.32 Å². The van der Waals surface area contributed by atoms with Crippen molar-refractivity contribution in [1.29, 1.82) is 0 Å². The topological polar surface area (TPSA) is 12.0 Å². The second kappa shape index (κ2) is 3.71. The largest absolute Gasteiger partial charge is 0.313 e. The van der Waals surface area contributed by atoms with E-state index >= 15 is 0 Å². The first kappa shape index (κ1) is 11.6. The molecule has 0 spiro atoms. The Morgan fingerprint density at radius 3 is 2.62 bits per heavy atom. The van der Waals surface area contributed by atoms with Gasteiger partial charge in [0.2, 0.25) is 0 Å². The Morgan fingerprint density at radius 2 is 1.76 bits per heavy atom. The van der Waals surface area contributed by atoms with E-state index in [-0.39, 0.29) is 5.82 Å². The van der Waals surface area contributed by atoms with Crippen molar-refractivity contribution >= 4 is 0 Å². The fraction of sp³-hybridized carbons (Fsp3) is 0.684. The zero-order chi connectivity index (χ0) is 13.7. The van der Waals surface area contributed by atoms with Gasteiger partial charge in [-0.2, -0.15) is 0 Å². The van der Waals surface area contributed by atoms with E-state index in [1.54, 1.807) is 18.9 Å².